The lowest BCUT2D eigenvalue weighted by molar-refractivity contribution is -0.119. The van der Waals surface area contributed by atoms with Crippen LogP contribution in [0.3, 0.4) is 0 Å². The molecular formula is C28H23N7O3S. The van der Waals surface area contributed by atoms with Gasteiger partial charge in [-0.1, -0.05) is 65.9 Å². The first-order chi connectivity index (χ1) is 19.0. The van der Waals surface area contributed by atoms with Crippen LogP contribution in [0.1, 0.15) is 32.0 Å². The van der Waals surface area contributed by atoms with Crippen LogP contribution in [0.25, 0.3) is 10.9 Å². The molecule has 0 atom stereocenters. The molecule has 39 heavy (non-hydrogen) atoms. The molecule has 6 rings (SSSR count). The number of rotatable bonds is 6. The Labute approximate surface area is 227 Å². The van der Waals surface area contributed by atoms with E-state index in [1.807, 2.05) is 54.6 Å². The standard InChI is InChI=1S/C28H23N7O3S/c1-33-16-24(36)34(22-8-4-3-7-21(22)27(33)38)14-18-10-12-19(13-11-18)15-35-23-9-5-2-6-20(23)25(32-35)26(37)30-28-31-29-17-39-28/h2-13,17H,14-16H2,1H3,(H,30,31,37). The molecule has 0 unspecified atom stereocenters. The van der Waals surface area contributed by atoms with Crippen molar-refractivity contribution in [3.8, 4) is 0 Å². The van der Waals surface area contributed by atoms with E-state index >= 15 is 0 Å². The van der Waals surface area contributed by atoms with Crippen LogP contribution in [0.2, 0.25) is 0 Å². The van der Waals surface area contributed by atoms with Crippen LogP contribution in [0.5, 0.6) is 0 Å². The number of amides is 3. The summed E-state index contributed by atoms with van der Waals surface area (Å²) in [4.78, 5) is 41.7. The maximum Gasteiger partial charge on any atom is 0.278 e. The van der Waals surface area contributed by atoms with Crippen LogP contribution in [0.4, 0.5) is 10.8 Å². The number of hydrogen-bond donors (Lipinski definition) is 1. The Balaban J connectivity index is 1.23. The van der Waals surface area contributed by atoms with Crippen molar-refractivity contribution in [3.63, 3.8) is 0 Å². The first-order valence-corrected chi connectivity index (χ1v) is 13.1. The number of fused-ring (bicyclic) bond motifs is 2. The van der Waals surface area contributed by atoms with Crippen molar-refractivity contribution in [1.82, 2.24) is 24.9 Å². The number of carbonyl (C=O) groups excluding carboxylic acids is 3. The minimum atomic E-state index is -0.344. The highest BCUT2D eigenvalue weighted by atomic mass is 32.1. The molecule has 194 valence electrons. The van der Waals surface area contributed by atoms with E-state index < -0.39 is 0 Å². The molecule has 11 heteroatoms. The molecule has 0 radical (unpaired) electrons. The van der Waals surface area contributed by atoms with E-state index in [2.05, 4.69) is 20.6 Å². The Bertz CT molecular complexity index is 1700. The van der Waals surface area contributed by atoms with Crippen molar-refractivity contribution in [1.29, 1.82) is 0 Å². The molecule has 0 saturated carbocycles. The molecule has 1 aliphatic rings. The van der Waals surface area contributed by atoms with Crippen molar-refractivity contribution in [3.05, 3.63) is 101 Å². The summed E-state index contributed by atoms with van der Waals surface area (Å²) >= 11 is 1.24. The molecule has 1 aliphatic heterocycles. The van der Waals surface area contributed by atoms with Crippen molar-refractivity contribution in [2.45, 2.75) is 13.1 Å². The molecule has 0 saturated heterocycles. The van der Waals surface area contributed by atoms with E-state index in [0.29, 0.717) is 35.2 Å². The highest BCUT2D eigenvalue weighted by Gasteiger charge is 2.29. The van der Waals surface area contributed by atoms with Crippen LogP contribution in [0.15, 0.2) is 78.3 Å². The van der Waals surface area contributed by atoms with Crippen LogP contribution in [-0.2, 0) is 17.9 Å². The Kier molecular flexibility index (Phi) is 6.33. The van der Waals surface area contributed by atoms with Gasteiger partial charge in [0.2, 0.25) is 11.0 Å². The fourth-order valence-electron chi connectivity index (χ4n) is 4.67. The summed E-state index contributed by atoms with van der Waals surface area (Å²) < 4.78 is 1.80. The Hall–Kier alpha value is -4.90. The van der Waals surface area contributed by atoms with E-state index in [9.17, 15) is 14.4 Å². The SMILES string of the molecule is CN1CC(=O)N(Cc2ccc(Cn3nc(C(=O)Nc4nncs4)c4ccccc43)cc2)c2ccccc2C1=O. The quantitative estimate of drug-likeness (QED) is 0.353. The Morgan fingerprint density at radius 3 is 2.44 bits per heavy atom. The summed E-state index contributed by atoms with van der Waals surface area (Å²) in [7, 11) is 1.64. The van der Waals surface area contributed by atoms with E-state index in [4.69, 9.17) is 0 Å². The van der Waals surface area contributed by atoms with Crippen LogP contribution in [0, 0.1) is 0 Å². The number of anilines is 2. The van der Waals surface area contributed by atoms with Crippen molar-refractivity contribution < 1.29 is 14.4 Å². The summed E-state index contributed by atoms with van der Waals surface area (Å²) in [6, 6.07) is 22.7. The van der Waals surface area contributed by atoms with Crippen molar-refractivity contribution in [2.75, 3.05) is 23.8 Å². The molecule has 3 heterocycles. The molecular weight excluding hydrogens is 514 g/mol. The third kappa shape index (κ3) is 4.75. The van der Waals surface area contributed by atoms with E-state index in [1.165, 1.54) is 16.2 Å². The largest absolute Gasteiger partial charge is 0.332 e. The second-order valence-corrected chi connectivity index (χ2v) is 10.0. The molecule has 3 aromatic carbocycles. The molecule has 0 fully saturated rings. The highest BCUT2D eigenvalue weighted by Crippen LogP contribution is 2.27. The van der Waals surface area contributed by atoms with Crippen molar-refractivity contribution >= 4 is 50.8 Å². The van der Waals surface area contributed by atoms with Gasteiger partial charge in [-0.15, -0.1) is 10.2 Å². The first-order valence-electron chi connectivity index (χ1n) is 12.2. The Morgan fingerprint density at radius 1 is 0.949 bits per heavy atom. The van der Waals surface area contributed by atoms with E-state index in [-0.39, 0.29) is 24.3 Å². The number of nitrogens with one attached hydrogen (secondary N) is 1. The smallest absolute Gasteiger partial charge is 0.278 e. The molecule has 1 N–H and O–H groups in total. The molecule has 2 aromatic heterocycles. The maximum atomic E-state index is 13.0. The summed E-state index contributed by atoms with van der Waals surface area (Å²) in [5.41, 5.74) is 5.75. The number of nitrogens with zero attached hydrogens (tertiary/aromatic N) is 6. The molecule has 0 bridgehead atoms. The summed E-state index contributed by atoms with van der Waals surface area (Å²) in [5, 5.41) is 16.1. The summed E-state index contributed by atoms with van der Waals surface area (Å²) in [5.74, 6) is -0.648. The van der Waals surface area contributed by atoms with Gasteiger partial charge >= 0.3 is 0 Å². The highest BCUT2D eigenvalue weighted by molar-refractivity contribution is 7.13. The van der Waals surface area contributed by atoms with Crippen LogP contribution >= 0.6 is 11.3 Å². The average molecular weight is 538 g/mol. The second-order valence-electron chi connectivity index (χ2n) is 9.20. The molecule has 0 spiro atoms. The number of aromatic nitrogens is 4. The number of likely N-dealkylation sites (N-methyl/N-ethyl adjacent to an activating group) is 1. The molecule has 5 aromatic rings. The van der Waals surface area contributed by atoms with Gasteiger partial charge in [0, 0.05) is 12.4 Å². The third-order valence-electron chi connectivity index (χ3n) is 6.59. The average Bonchev–Trinajstić information content (AvgIpc) is 3.58. The monoisotopic (exact) mass is 537 g/mol. The van der Waals surface area contributed by atoms with Gasteiger partial charge in [-0.05, 0) is 29.3 Å². The lowest BCUT2D eigenvalue weighted by atomic mass is 10.1. The van der Waals surface area contributed by atoms with Gasteiger partial charge < -0.3 is 9.80 Å². The zero-order chi connectivity index (χ0) is 26.9. The van der Waals surface area contributed by atoms with Gasteiger partial charge in [0.25, 0.3) is 11.8 Å². The first kappa shape index (κ1) is 24.4. The predicted octanol–water partition coefficient (Wildman–Crippen LogP) is 3.81. The Morgan fingerprint density at radius 2 is 1.67 bits per heavy atom. The number of carbonyl (C=O) groups is 3. The molecule has 10 nitrogen and oxygen atoms in total. The minimum Gasteiger partial charge on any atom is -0.332 e. The topological polar surface area (TPSA) is 113 Å². The van der Waals surface area contributed by atoms with E-state index in [1.54, 1.807) is 40.3 Å². The fourth-order valence-corrected chi connectivity index (χ4v) is 5.11. The zero-order valence-corrected chi connectivity index (χ0v) is 21.8. The van der Waals surface area contributed by atoms with E-state index in [0.717, 1.165) is 22.0 Å². The van der Waals surface area contributed by atoms with Crippen molar-refractivity contribution in [2.24, 2.45) is 0 Å². The van der Waals surface area contributed by atoms with Crippen LogP contribution in [-0.4, -0.2) is 56.2 Å². The number of para-hydroxylation sites is 2. The summed E-state index contributed by atoms with van der Waals surface area (Å²) in [6.07, 6.45) is 0. The van der Waals surface area contributed by atoms with Gasteiger partial charge in [-0.2, -0.15) is 5.10 Å². The lowest BCUT2D eigenvalue weighted by Gasteiger charge is -2.22. The van der Waals surface area contributed by atoms with Gasteiger partial charge in [0.05, 0.1) is 29.9 Å². The predicted molar refractivity (Wildman–Crippen MR) is 148 cm³/mol. The second kappa shape index (κ2) is 10.1. The van der Waals surface area contributed by atoms with Gasteiger partial charge in [0.1, 0.15) is 12.1 Å². The number of hydrogen-bond acceptors (Lipinski definition) is 7. The summed E-state index contributed by atoms with van der Waals surface area (Å²) in [6.45, 7) is 0.822. The van der Waals surface area contributed by atoms with Crippen LogP contribution < -0.4 is 10.2 Å². The third-order valence-corrected chi connectivity index (χ3v) is 7.20. The molecule has 3 amide bonds. The van der Waals surface area contributed by atoms with Gasteiger partial charge in [0.15, 0.2) is 5.69 Å². The molecule has 0 aliphatic carbocycles. The fraction of sp³-hybridized carbons (Fsp3) is 0.143. The van der Waals surface area contributed by atoms with Gasteiger partial charge in [-0.3, -0.25) is 24.4 Å². The van der Waals surface area contributed by atoms with Gasteiger partial charge in [-0.25, -0.2) is 0 Å². The zero-order valence-electron chi connectivity index (χ0n) is 20.9. The normalized spacial score (nSPS) is 13.5. The lowest BCUT2D eigenvalue weighted by Crippen LogP contribution is -2.37. The minimum absolute atomic E-state index is 0.0208. The number of benzene rings is 3. The maximum absolute atomic E-state index is 13.0.